The zero-order chi connectivity index (χ0) is 6.57. The first kappa shape index (κ1) is 8.70. The molecule has 0 rings (SSSR count). The van der Waals surface area contributed by atoms with E-state index >= 15 is 0 Å². The number of thiol groups is 2. The Labute approximate surface area is 62.9 Å². The predicted octanol–water partition coefficient (Wildman–Crippen LogP) is 2.12. The number of hydrogen-bond donors (Lipinski definition) is 2. The summed E-state index contributed by atoms with van der Waals surface area (Å²) in [4.78, 5) is 0. The second-order valence-corrected chi connectivity index (χ2v) is 3.05. The van der Waals surface area contributed by atoms with E-state index in [1.807, 2.05) is 0 Å². The zero-order valence-electron chi connectivity index (χ0n) is 5.46. The SMILES string of the molecule is CC(CS)C(C)CS. The zero-order valence-corrected chi connectivity index (χ0v) is 7.25. The predicted molar refractivity (Wildman–Crippen MR) is 46.0 cm³/mol. The molecule has 0 aromatic carbocycles. The Morgan fingerprint density at radius 1 is 1.00 bits per heavy atom. The molecular weight excluding hydrogens is 136 g/mol. The lowest BCUT2D eigenvalue weighted by molar-refractivity contribution is 0.474. The minimum atomic E-state index is 0.704. The topological polar surface area (TPSA) is 0 Å². The fourth-order valence-electron chi connectivity index (χ4n) is 0.360. The molecule has 0 radical (unpaired) electrons. The molecule has 2 unspecified atom stereocenters. The Morgan fingerprint density at radius 3 is 1.38 bits per heavy atom. The molecule has 0 bridgehead atoms. The summed E-state index contributed by atoms with van der Waals surface area (Å²) in [5, 5.41) is 0. The Morgan fingerprint density at radius 2 is 1.25 bits per heavy atom. The lowest BCUT2D eigenvalue weighted by atomic mass is 10.0. The van der Waals surface area contributed by atoms with Gasteiger partial charge in [-0.25, -0.2) is 0 Å². The van der Waals surface area contributed by atoms with E-state index in [9.17, 15) is 0 Å². The van der Waals surface area contributed by atoms with E-state index in [4.69, 9.17) is 0 Å². The first-order valence-corrected chi connectivity index (χ1v) is 4.20. The van der Waals surface area contributed by atoms with Gasteiger partial charge >= 0.3 is 0 Å². The van der Waals surface area contributed by atoms with Crippen LogP contribution in [0.5, 0.6) is 0 Å². The molecule has 0 saturated heterocycles. The van der Waals surface area contributed by atoms with Gasteiger partial charge in [-0.15, -0.1) is 0 Å². The fourth-order valence-corrected chi connectivity index (χ4v) is 1.08. The molecule has 0 amide bonds. The highest BCUT2D eigenvalue weighted by molar-refractivity contribution is 7.80. The van der Waals surface area contributed by atoms with E-state index in [1.165, 1.54) is 0 Å². The first-order valence-electron chi connectivity index (χ1n) is 2.94. The molecule has 50 valence electrons. The molecule has 8 heavy (non-hydrogen) atoms. The molecule has 0 aromatic heterocycles. The maximum Gasteiger partial charge on any atom is -0.00693 e. The minimum Gasteiger partial charge on any atom is -0.179 e. The molecule has 0 N–H and O–H groups in total. The van der Waals surface area contributed by atoms with Gasteiger partial charge < -0.3 is 0 Å². The van der Waals surface area contributed by atoms with Gasteiger partial charge in [-0.3, -0.25) is 0 Å². The Hall–Kier alpha value is 0.700. The van der Waals surface area contributed by atoms with Crippen molar-refractivity contribution in [1.29, 1.82) is 0 Å². The summed E-state index contributed by atoms with van der Waals surface area (Å²) in [5.41, 5.74) is 0. The van der Waals surface area contributed by atoms with Gasteiger partial charge in [0.15, 0.2) is 0 Å². The second kappa shape index (κ2) is 4.57. The molecule has 0 aliphatic heterocycles. The highest BCUT2D eigenvalue weighted by atomic mass is 32.1. The maximum absolute atomic E-state index is 4.17. The van der Waals surface area contributed by atoms with Crippen LogP contribution >= 0.6 is 25.3 Å². The summed E-state index contributed by atoms with van der Waals surface area (Å²) in [7, 11) is 0. The number of rotatable bonds is 3. The first-order chi connectivity index (χ1) is 3.72. The van der Waals surface area contributed by atoms with E-state index < -0.39 is 0 Å². The molecular formula is C6H14S2. The van der Waals surface area contributed by atoms with Crippen LogP contribution in [0.4, 0.5) is 0 Å². The summed E-state index contributed by atoms with van der Waals surface area (Å²) < 4.78 is 0. The van der Waals surface area contributed by atoms with Crippen LogP contribution in [0.3, 0.4) is 0 Å². The van der Waals surface area contributed by atoms with Crippen LogP contribution in [0.2, 0.25) is 0 Å². The highest BCUT2D eigenvalue weighted by Gasteiger charge is 2.06. The molecule has 0 spiro atoms. The van der Waals surface area contributed by atoms with Crippen molar-refractivity contribution in [1.82, 2.24) is 0 Å². The van der Waals surface area contributed by atoms with Crippen LogP contribution in [-0.4, -0.2) is 11.5 Å². The largest absolute Gasteiger partial charge is 0.179 e. The monoisotopic (exact) mass is 150 g/mol. The van der Waals surface area contributed by atoms with Crippen LogP contribution in [-0.2, 0) is 0 Å². The Bertz CT molecular complexity index is 46.5. The van der Waals surface area contributed by atoms with E-state index in [0.29, 0.717) is 11.8 Å². The van der Waals surface area contributed by atoms with Crippen molar-refractivity contribution < 1.29 is 0 Å². The van der Waals surface area contributed by atoms with Crippen molar-refractivity contribution in [2.24, 2.45) is 11.8 Å². The van der Waals surface area contributed by atoms with Gasteiger partial charge in [-0.05, 0) is 23.3 Å². The third-order valence-electron chi connectivity index (χ3n) is 1.55. The summed E-state index contributed by atoms with van der Waals surface area (Å²) in [6, 6.07) is 0. The standard InChI is InChI=1S/C6H14S2/c1-5(3-7)6(2)4-8/h5-8H,3-4H2,1-2H3. The van der Waals surface area contributed by atoms with Crippen LogP contribution in [0.25, 0.3) is 0 Å². The van der Waals surface area contributed by atoms with Crippen molar-refractivity contribution in [3.8, 4) is 0 Å². The van der Waals surface area contributed by atoms with Gasteiger partial charge in [0, 0.05) is 0 Å². The molecule has 0 nitrogen and oxygen atoms in total. The molecule has 2 atom stereocenters. The molecule has 0 aromatic rings. The number of hydrogen-bond acceptors (Lipinski definition) is 2. The quantitative estimate of drug-likeness (QED) is 0.566. The molecule has 0 aliphatic carbocycles. The lowest BCUT2D eigenvalue weighted by Gasteiger charge is -2.13. The second-order valence-electron chi connectivity index (χ2n) is 2.32. The van der Waals surface area contributed by atoms with E-state index in [2.05, 4.69) is 39.1 Å². The lowest BCUT2D eigenvalue weighted by Crippen LogP contribution is -2.10. The van der Waals surface area contributed by atoms with Crippen LogP contribution in [0.1, 0.15) is 13.8 Å². The van der Waals surface area contributed by atoms with Crippen molar-refractivity contribution in [2.45, 2.75) is 13.8 Å². The van der Waals surface area contributed by atoms with Gasteiger partial charge in [0.05, 0.1) is 0 Å². The van der Waals surface area contributed by atoms with Crippen molar-refractivity contribution in [3.63, 3.8) is 0 Å². The average Bonchev–Trinajstić information content (AvgIpc) is 1.84. The van der Waals surface area contributed by atoms with Gasteiger partial charge in [0.2, 0.25) is 0 Å². The third-order valence-corrected chi connectivity index (χ3v) is 2.70. The smallest absolute Gasteiger partial charge is 0.00693 e. The van der Waals surface area contributed by atoms with E-state index in [0.717, 1.165) is 11.5 Å². The molecule has 0 fully saturated rings. The molecule has 0 saturated carbocycles. The summed E-state index contributed by atoms with van der Waals surface area (Å²) in [5.74, 6) is 3.36. The Kier molecular flexibility index (Phi) is 4.97. The average molecular weight is 150 g/mol. The van der Waals surface area contributed by atoms with Crippen molar-refractivity contribution in [3.05, 3.63) is 0 Å². The van der Waals surface area contributed by atoms with E-state index in [-0.39, 0.29) is 0 Å². The summed E-state index contributed by atoms with van der Waals surface area (Å²) in [6.45, 7) is 4.40. The van der Waals surface area contributed by atoms with Crippen LogP contribution in [0.15, 0.2) is 0 Å². The van der Waals surface area contributed by atoms with E-state index in [1.54, 1.807) is 0 Å². The normalized spacial score (nSPS) is 18.0. The van der Waals surface area contributed by atoms with Crippen molar-refractivity contribution in [2.75, 3.05) is 11.5 Å². The molecule has 0 heterocycles. The van der Waals surface area contributed by atoms with Gasteiger partial charge in [-0.2, -0.15) is 25.3 Å². The van der Waals surface area contributed by atoms with Gasteiger partial charge in [-0.1, -0.05) is 13.8 Å². The summed E-state index contributed by atoms with van der Waals surface area (Å²) in [6.07, 6.45) is 0. The van der Waals surface area contributed by atoms with Crippen LogP contribution in [0, 0.1) is 11.8 Å². The Balaban J connectivity index is 3.29. The maximum atomic E-state index is 4.17. The van der Waals surface area contributed by atoms with Gasteiger partial charge in [0.25, 0.3) is 0 Å². The fraction of sp³-hybridized carbons (Fsp3) is 1.00. The third kappa shape index (κ3) is 2.88. The summed E-state index contributed by atoms with van der Waals surface area (Å²) >= 11 is 8.35. The minimum absolute atomic E-state index is 0.704. The highest BCUT2D eigenvalue weighted by Crippen LogP contribution is 2.12. The molecule has 2 heteroatoms. The van der Waals surface area contributed by atoms with Crippen LogP contribution < -0.4 is 0 Å². The molecule has 0 aliphatic rings. The van der Waals surface area contributed by atoms with Gasteiger partial charge in [0.1, 0.15) is 0 Å². The van der Waals surface area contributed by atoms with Crippen molar-refractivity contribution >= 4 is 25.3 Å².